The van der Waals surface area contributed by atoms with E-state index in [9.17, 15) is 0 Å². The number of aromatic nitrogens is 3. The van der Waals surface area contributed by atoms with Gasteiger partial charge in [-0.05, 0) is 30.0 Å². The van der Waals surface area contributed by atoms with Crippen molar-refractivity contribution in [2.24, 2.45) is 11.8 Å². The Labute approximate surface area is 119 Å². The first-order chi connectivity index (χ1) is 8.46. The highest BCUT2D eigenvalue weighted by molar-refractivity contribution is 4.84. The van der Waals surface area contributed by atoms with Crippen LogP contribution in [-0.4, -0.2) is 15.2 Å². The van der Waals surface area contributed by atoms with Crippen molar-refractivity contribution >= 4 is 0 Å². The Balaban J connectivity index is -0.000000178. The van der Waals surface area contributed by atoms with Crippen LogP contribution in [0, 0.1) is 11.8 Å². The third kappa shape index (κ3) is 48.0. The molecule has 0 unspecified atom stereocenters. The lowest BCUT2D eigenvalue weighted by Crippen LogP contribution is -1.66. The monoisotopic (exact) mass is 267 g/mol. The number of nitrogens with zero attached hydrogens (tertiary/aromatic N) is 1. The van der Waals surface area contributed by atoms with E-state index in [-0.39, 0.29) is 7.43 Å². The summed E-state index contributed by atoms with van der Waals surface area (Å²) in [6.07, 6.45) is 7.21. The summed E-state index contributed by atoms with van der Waals surface area (Å²) in [6, 6.07) is 5.72. The summed E-state index contributed by atoms with van der Waals surface area (Å²) in [5.74, 6) is 1.67. The first-order valence-corrected chi connectivity index (χ1v) is 6.48. The Bertz CT molecular complexity index is 211. The van der Waals surface area contributed by atoms with Crippen LogP contribution in [-0.2, 0) is 0 Å². The normalized spacial score (nSPS) is 8.00. The zero-order valence-electron chi connectivity index (χ0n) is 12.6. The molecule has 0 amide bonds. The van der Waals surface area contributed by atoms with Crippen molar-refractivity contribution in [3.05, 3.63) is 43.0 Å². The van der Waals surface area contributed by atoms with Gasteiger partial charge < -0.3 is 4.98 Å². The lowest BCUT2D eigenvalue weighted by molar-refractivity contribution is 0.736. The number of aromatic amines is 2. The summed E-state index contributed by atoms with van der Waals surface area (Å²) in [5, 5.41) is 6.21. The standard InChI is InChI=1S/C4H5N.2C4H10.C3H4N2.CH4/c1-2-4-5-3-1;2*1-4(2)3;1-2-4-5-3-1;/h1-5H;2*4H,1-3H3;1-3H,(H,4,5);1H4. The fourth-order valence-electron chi connectivity index (χ4n) is 0.493. The summed E-state index contributed by atoms with van der Waals surface area (Å²) in [4.78, 5) is 2.86. The molecule has 0 aliphatic carbocycles. The largest absolute Gasteiger partial charge is 0.368 e. The van der Waals surface area contributed by atoms with E-state index < -0.39 is 0 Å². The molecule has 0 radical (unpaired) electrons. The number of hydrogen-bond acceptors (Lipinski definition) is 1. The van der Waals surface area contributed by atoms with Gasteiger partial charge in [-0.2, -0.15) is 5.10 Å². The lowest BCUT2D eigenvalue weighted by atomic mass is 10.3. The molecule has 0 bridgehead atoms. The molecule has 19 heavy (non-hydrogen) atoms. The van der Waals surface area contributed by atoms with Crippen LogP contribution < -0.4 is 0 Å². The highest BCUT2D eigenvalue weighted by Crippen LogP contribution is 1.81. The van der Waals surface area contributed by atoms with E-state index in [1.807, 2.05) is 30.6 Å². The molecule has 0 atom stereocenters. The summed E-state index contributed by atoms with van der Waals surface area (Å²) in [5.41, 5.74) is 0. The molecule has 2 rings (SSSR count). The van der Waals surface area contributed by atoms with E-state index >= 15 is 0 Å². The van der Waals surface area contributed by atoms with Crippen LogP contribution in [0.15, 0.2) is 43.0 Å². The molecular weight excluding hydrogens is 234 g/mol. The Morgan fingerprint density at radius 2 is 1.16 bits per heavy atom. The third-order valence-corrected chi connectivity index (χ3v) is 0.902. The van der Waals surface area contributed by atoms with Crippen molar-refractivity contribution in [3.8, 4) is 0 Å². The highest BCUT2D eigenvalue weighted by Gasteiger charge is 1.68. The van der Waals surface area contributed by atoms with Crippen molar-refractivity contribution in [2.75, 3.05) is 0 Å². The van der Waals surface area contributed by atoms with Crippen molar-refractivity contribution in [3.63, 3.8) is 0 Å². The van der Waals surface area contributed by atoms with E-state index in [1.165, 1.54) is 0 Å². The van der Waals surface area contributed by atoms with Gasteiger partial charge in [0.2, 0.25) is 0 Å². The van der Waals surface area contributed by atoms with Gasteiger partial charge in [-0.1, -0.05) is 49.0 Å². The van der Waals surface area contributed by atoms with Gasteiger partial charge in [-0.25, -0.2) is 0 Å². The van der Waals surface area contributed by atoms with Crippen LogP contribution in [0.5, 0.6) is 0 Å². The number of hydrogen-bond donors (Lipinski definition) is 2. The average Bonchev–Trinajstić information content (AvgIpc) is 2.96. The molecule has 2 aromatic rings. The van der Waals surface area contributed by atoms with Gasteiger partial charge >= 0.3 is 0 Å². The molecule has 2 N–H and O–H groups in total. The van der Waals surface area contributed by atoms with E-state index in [0.29, 0.717) is 0 Å². The quantitative estimate of drug-likeness (QED) is 0.661. The SMILES string of the molecule is C.CC(C)C.CC(C)C.c1cc[nH]c1.c1cn[nH]c1. The van der Waals surface area contributed by atoms with Crippen LogP contribution in [0.3, 0.4) is 0 Å². The molecule has 0 saturated heterocycles. The second-order valence-electron chi connectivity index (χ2n) is 5.12. The highest BCUT2D eigenvalue weighted by atomic mass is 15.1. The molecular formula is C16H33N3. The van der Waals surface area contributed by atoms with Crippen molar-refractivity contribution in [1.82, 2.24) is 15.2 Å². The third-order valence-electron chi connectivity index (χ3n) is 0.902. The second-order valence-corrected chi connectivity index (χ2v) is 5.12. The number of nitrogens with one attached hydrogen (secondary N) is 2. The van der Waals surface area contributed by atoms with Gasteiger partial charge in [0.05, 0.1) is 0 Å². The van der Waals surface area contributed by atoms with Crippen LogP contribution in [0.2, 0.25) is 0 Å². The fraction of sp³-hybridized carbons (Fsp3) is 0.562. The van der Waals surface area contributed by atoms with Gasteiger partial charge in [-0.3, -0.25) is 5.10 Å². The smallest absolute Gasteiger partial charge is 0.0487 e. The Kier molecular flexibility index (Phi) is 22.5. The van der Waals surface area contributed by atoms with E-state index in [2.05, 4.69) is 56.7 Å². The predicted molar refractivity (Wildman–Crippen MR) is 87.1 cm³/mol. The zero-order valence-corrected chi connectivity index (χ0v) is 12.6. The minimum Gasteiger partial charge on any atom is -0.368 e. The Morgan fingerprint density at radius 1 is 0.737 bits per heavy atom. The average molecular weight is 267 g/mol. The van der Waals surface area contributed by atoms with Crippen LogP contribution in [0.4, 0.5) is 0 Å². The molecule has 2 aromatic heterocycles. The molecule has 3 heteroatoms. The van der Waals surface area contributed by atoms with Crippen molar-refractivity contribution in [1.29, 1.82) is 0 Å². The number of H-pyrrole nitrogens is 2. The number of rotatable bonds is 0. The van der Waals surface area contributed by atoms with E-state index in [4.69, 9.17) is 0 Å². The van der Waals surface area contributed by atoms with Gasteiger partial charge in [0.15, 0.2) is 0 Å². The van der Waals surface area contributed by atoms with Gasteiger partial charge in [-0.15, -0.1) is 0 Å². The molecule has 3 nitrogen and oxygen atoms in total. The van der Waals surface area contributed by atoms with Gasteiger partial charge in [0.1, 0.15) is 0 Å². The zero-order chi connectivity index (χ0) is 14.2. The second kappa shape index (κ2) is 18.8. The lowest BCUT2D eigenvalue weighted by Gasteiger charge is -1.79. The van der Waals surface area contributed by atoms with Crippen molar-refractivity contribution < 1.29 is 0 Å². The van der Waals surface area contributed by atoms with Gasteiger partial charge in [0, 0.05) is 24.8 Å². The maximum atomic E-state index is 3.60. The minimum atomic E-state index is 0. The summed E-state index contributed by atoms with van der Waals surface area (Å²) in [6.45, 7) is 13.0. The van der Waals surface area contributed by atoms with Crippen LogP contribution in [0.1, 0.15) is 49.0 Å². The summed E-state index contributed by atoms with van der Waals surface area (Å²) < 4.78 is 0. The van der Waals surface area contributed by atoms with Crippen LogP contribution >= 0.6 is 0 Å². The first-order valence-electron chi connectivity index (χ1n) is 6.48. The molecule has 0 spiro atoms. The predicted octanol–water partition coefficient (Wildman–Crippen LogP) is 5.39. The molecule has 0 fully saturated rings. The molecule has 0 aromatic carbocycles. The molecule has 0 aliphatic heterocycles. The Morgan fingerprint density at radius 3 is 1.26 bits per heavy atom. The Hall–Kier alpha value is -1.51. The van der Waals surface area contributed by atoms with Crippen molar-refractivity contribution in [2.45, 2.75) is 49.0 Å². The van der Waals surface area contributed by atoms with Crippen LogP contribution in [0.25, 0.3) is 0 Å². The summed E-state index contributed by atoms with van der Waals surface area (Å²) in [7, 11) is 0. The fourth-order valence-corrected chi connectivity index (χ4v) is 0.493. The van der Waals surface area contributed by atoms with E-state index in [1.54, 1.807) is 12.4 Å². The topological polar surface area (TPSA) is 44.5 Å². The minimum absolute atomic E-state index is 0. The molecule has 112 valence electrons. The first kappa shape index (κ1) is 22.7. The van der Waals surface area contributed by atoms with Gasteiger partial charge in [0.25, 0.3) is 0 Å². The van der Waals surface area contributed by atoms with E-state index in [0.717, 1.165) is 11.8 Å². The summed E-state index contributed by atoms with van der Waals surface area (Å²) >= 11 is 0. The molecule has 2 heterocycles. The molecule has 0 saturated carbocycles. The maximum absolute atomic E-state index is 3.60. The molecule has 0 aliphatic rings. The maximum Gasteiger partial charge on any atom is 0.0487 e.